The van der Waals surface area contributed by atoms with Crippen molar-refractivity contribution in [3.8, 4) is 0 Å². The SMILES string of the molecule is CCCNC(=O)Cn1cccc1C(C)NC. The Bertz CT molecular complexity index is 333. The van der Waals surface area contributed by atoms with Crippen molar-refractivity contribution in [3.63, 3.8) is 0 Å². The molecule has 2 N–H and O–H groups in total. The predicted octanol–water partition coefficient (Wildman–Crippen LogP) is 1.29. The molecule has 1 unspecified atom stereocenters. The molecule has 90 valence electrons. The van der Waals surface area contributed by atoms with Gasteiger partial charge in [0.2, 0.25) is 5.91 Å². The quantitative estimate of drug-likeness (QED) is 0.763. The maximum Gasteiger partial charge on any atom is 0.239 e. The lowest BCUT2D eigenvalue weighted by Gasteiger charge is -2.14. The normalized spacial score (nSPS) is 12.4. The molecule has 1 aromatic rings. The molecule has 1 amide bonds. The lowest BCUT2D eigenvalue weighted by atomic mass is 10.2. The summed E-state index contributed by atoms with van der Waals surface area (Å²) in [6.45, 7) is 5.27. The minimum atomic E-state index is 0.0719. The van der Waals surface area contributed by atoms with Gasteiger partial charge in [-0.15, -0.1) is 0 Å². The molecule has 1 atom stereocenters. The van der Waals surface area contributed by atoms with Crippen LogP contribution in [0.1, 0.15) is 32.0 Å². The van der Waals surface area contributed by atoms with Crippen molar-refractivity contribution in [1.29, 1.82) is 0 Å². The summed E-state index contributed by atoms with van der Waals surface area (Å²) < 4.78 is 1.98. The first-order chi connectivity index (χ1) is 7.69. The van der Waals surface area contributed by atoms with Gasteiger partial charge in [0.15, 0.2) is 0 Å². The molecule has 0 aliphatic heterocycles. The van der Waals surface area contributed by atoms with E-state index in [1.807, 2.05) is 36.9 Å². The first kappa shape index (κ1) is 12.8. The zero-order valence-corrected chi connectivity index (χ0v) is 10.3. The van der Waals surface area contributed by atoms with E-state index in [1.165, 1.54) is 0 Å². The van der Waals surface area contributed by atoms with E-state index < -0.39 is 0 Å². The maximum absolute atomic E-state index is 11.6. The summed E-state index contributed by atoms with van der Waals surface area (Å²) >= 11 is 0. The molecule has 4 heteroatoms. The molecule has 1 heterocycles. The third-order valence-electron chi connectivity index (χ3n) is 2.63. The van der Waals surface area contributed by atoms with Gasteiger partial charge in [0, 0.05) is 24.5 Å². The molecule has 0 bridgehead atoms. The summed E-state index contributed by atoms with van der Waals surface area (Å²) in [5.74, 6) is 0.0719. The Labute approximate surface area is 97.0 Å². The van der Waals surface area contributed by atoms with E-state index in [4.69, 9.17) is 0 Å². The molecule has 0 radical (unpaired) electrons. The monoisotopic (exact) mass is 223 g/mol. The predicted molar refractivity (Wildman–Crippen MR) is 65.2 cm³/mol. The van der Waals surface area contributed by atoms with Crippen molar-refractivity contribution in [1.82, 2.24) is 15.2 Å². The van der Waals surface area contributed by atoms with Gasteiger partial charge < -0.3 is 15.2 Å². The fourth-order valence-corrected chi connectivity index (χ4v) is 1.59. The summed E-state index contributed by atoms with van der Waals surface area (Å²) in [5, 5.41) is 6.05. The van der Waals surface area contributed by atoms with Crippen LogP contribution >= 0.6 is 0 Å². The lowest BCUT2D eigenvalue weighted by Crippen LogP contribution is -2.29. The van der Waals surface area contributed by atoms with Crippen LogP contribution in [0.2, 0.25) is 0 Å². The second-order valence-corrected chi connectivity index (χ2v) is 3.92. The van der Waals surface area contributed by atoms with Gasteiger partial charge in [-0.25, -0.2) is 0 Å². The van der Waals surface area contributed by atoms with Crippen molar-refractivity contribution < 1.29 is 4.79 Å². The number of rotatable bonds is 6. The summed E-state index contributed by atoms with van der Waals surface area (Å²) in [5.41, 5.74) is 1.13. The third-order valence-corrected chi connectivity index (χ3v) is 2.63. The molecule has 1 aromatic heterocycles. The minimum Gasteiger partial charge on any atom is -0.355 e. The number of carbonyl (C=O) groups is 1. The van der Waals surface area contributed by atoms with Crippen LogP contribution in [-0.4, -0.2) is 24.1 Å². The molecule has 0 fully saturated rings. The van der Waals surface area contributed by atoms with E-state index >= 15 is 0 Å². The highest BCUT2D eigenvalue weighted by molar-refractivity contribution is 5.75. The molecule has 0 aliphatic rings. The number of amides is 1. The smallest absolute Gasteiger partial charge is 0.239 e. The number of carbonyl (C=O) groups excluding carboxylic acids is 1. The van der Waals surface area contributed by atoms with Crippen LogP contribution in [0.4, 0.5) is 0 Å². The number of nitrogens with zero attached hydrogens (tertiary/aromatic N) is 1. The van der Waals surface area contributed by atoms with Gasteiger partial charge in [-0.05, 0) is 32.5 Å². The molecular formula is C12H21N3O. The minimum absolute atomic E-state index is 0.0719. The van der Waals surface area contributed by atoms with Gasteiger partial charge >= 0.3 is 0 Å². The number of hydrogen-bond acceptors (Lipinski definition) is 2. The highest BCUT2D eigenvalue weighted by Crippen LogP contribution is 2.12. The van der Waals surface area contributed by atoms with E-state index in [9.17, 15) is 4.79 Å². The van der Waals surface area contributed by atoms with Gasteiger partial charge in [0.25, 0.3) is 0 Å². The average Bonchev–Trinajstić information content (AvgIpc) is 2.73. The molecule has 0 aliphatic carbocycles. The van der Waals surface area contributed by atoms with Gasteiger partial charge in [0.05, 0.1) is 0 Å². The molecule has 0 spiro atoms. The fourth-order valence-electron chi connectivity index (χ4n) is 1.59. The van der Waals surface area contributed by atoms with Crippen LogP contribution < -0.4 is 10.6 Å². The Balaban J connectivity index is 2.59. The van der Waals surface area contributed by atoms with Crippen LogP contribution in [0.15, 0.2) is 18.3 Å². The first-order valence-electron chi connectivity index (χ1n) is 5.78. The zero-order chi connectivity index (χ0) is 12.0. The standard InChI is InChI=1S/C12H21N3O/c1-4-7-14-12(16)9-15-8-5-6-11(15)10(2)13-3/h5-6,8,10,13H,4,7,9H2,1-3H3,(H,14,16). The van der Waals surface area contributed by atoms with E-state index in [0.29, 0.717) is 6.54 Å². The average molecular weight is 223 g/mol. The van der Waals surface area contributed by atoms with Crippen molar-refractivity contribution in [2.45, 2.75) is 32.9 Å². The van der Waals surface area contributed by atoms with E-state index in [0.717, 1.165) is 18.7 Å². The summed E-state index contributed by atoms with van der Waals surface area (Å²) in [6.07, 6.45) is 2.91. The number of aromatic nitrogens is 1. The number of nitrogens with one attached hydrogen (secondary N) is 2. The van der Waals surface area contributed by atoms with Crippen molar-refractivity contribution >= 4 is 5.91 Å². The first-order valence-corrected chi connectivity index (χ1v) is 5.78. The largest absolute Gasteiger partial charge is 0.355 e. The molecule has 4 nitrogen and oxygen atoms in total. The molecule has 0 saturated carbocycles. The zero-order valence-electron chi connectivity index (χ0n) is 10.3. The molecule has 1 rings (SSSR count). The summed E-state index contributed by atoms with van der Waals surface area (Å²) in [4.78, 5) is 11.6. The van der Waals surface area contributed by atoms with Crippen molar-refractivity contribution in [2.75, 3.05) is 13.6 Å². The van der Waals surface area contributed by atoms with Crippen LogP contribution in [-0.2, 0) is 11.3 Å². The Hall–Kier alpha value is -1.29. The van der Waals surface area contributed by atoms with Crippen molar-refractivity contribution in [2.24, 2.45) is 0 Å². The second kappa shape index (κ2) is 6.33. The maximum atomic E-state index is 11.6. The van der Waals surface area contributed by atoms with Crippen LogP contribution in [0.25, 0.3) is 0 Å². The van der Waals surface area contributed by atoms with E-state index in [1.54, 1.807) is 0 Å². The van der Waals surface area contributed by atoms with Crippen LogP contribution in [0.5, 0.6) is 0 Å². The van der Waals surface area contributed by atoms with Crippen LogP contribution in [0.3, 0.4) is 0 Å². The fraction of sp³-hybridized carbons (Fsp3) is 0.583. The van der Waals surface area contributed by atoms with Gasteiger partial charge in [0.1, 0.15) is 6.54 Å². The summed E-state index contributed by atoms with van der Waals surface area (Å²) in [6, 6.07) is 4.26. The Morgan fingerprint density at radius 2 is 2.31 bits per heavy atom. The van der Waals surface area contributed by atoms with Crippen molar-refractivity contribution in [3.05, 3.63) is 24.0 Å². The van der Waals surface area contributed by atoms with Gasteiger partial charge in [-0.3, -0.25) is 4.79 Å². The highest BCUT2D eigenvalue weighted by Gasteiger charge is 2.10. The van der Waals surface area contributed by atoms with Gasteiger partial charge in [-0.1, -0.05) is 6.92 Å². The molecule has 16 heavy (non-hydrogen) atoms. The lowest BCUT2D eigenvalue weighted by molar-refractivity contribution is -0.121. The van der Waals surface area contributed by atoms with Crippen LogP contribution in [0, 0.1) is 0 Å². The topological polar surface area (TPSA) is 46.1 Å². The Morgan fingerprint density at radius 1 is 1.56 bits per heavy atom. The third kappa shape index (κ3) is 3.38. The van der Waals surface area contributed by atoms with Gasteiger partial charge in [-0.2, -0.15) is 0 Å². The molecule has 0 aromatic carbocycles. The molecular weight excluding hydrogens is 202 g/mol. The van der Waals surface area contributed by atoms with E-state index in [-0.39, 0.29) is 11.9 Å². The van der Waals surface area contributed by atoms with E-state index in [2.05, 4.69) is 17.6 Å². The number of hydrogen-bond donors (Lipinski definition) is 2. The Morgan fingerprint density at radius 3 is 2.94 bits per heavy atom. The molecule has 0 saturated heterocycles. The Kier molecular flexibility index (Phi) is 5.05. The highest BCUT2D eigenvalue weighted by atomic mass is 16.1. The second-order valence-electron chi connectivity index (χ2n) is 3.92. The summed E-state index contributed by atoms with van der Waals surface area (Å²) in [7, 11) is 1.92.